The number of allylic oxidation sites excluding steroid dienone is 1. The Hall–Kier alpha value is -3.81. The van der Waals surface area contributed by atoms with E-state index in [1.54, 1.807) is 6.33 Å². The summed E-state index contributed by atoms with van der Waals surface area (Å²) in [5.74, 6) is 1.82. The Balaban J connectivity index is 1.49. The van der Waals surface area contributed by atoms with Gasteiger partial charge in [0.2, 0.25) is 0 Å². The summed E-state index contributed by atoms with van der Waals surface area (Å²) in [5.41, 5.74) is 5.66. The van der Waals surface area contributed by atoms with Crippen molar-refractivity contribution in [3.63, 3.8) is 0 Å². The molecule has 0 spiro atoms. The van der Waals surface area contributed by atoms with Crippen molar-refractivity contribution in [3.8, 4) is 0 Å². The van der Waals surface area contributed by atoms with E-state index in [0.29, 0.717) is 29.5 Å². The molecule has 33 heavy (non-hydrogen) atoms. The number of fused-ring (bicyclic) bond motifs is 1. The summed E-state index contributed by atoms with van der Waals surface area (Å²) in [6.45, 7) is 8.67. The summed E-state index contributed by atoms with van der Waals surface area (Å²) in [6, 6.07) is 5.18. The number of hydrogen-bond donors (Lipinski definition) is 3. The van der Waals surface area contributed by atoms with Gasteiger partial charge in [-0.15, -0.1) is 0 Å². The summed E-state index contributed by atoms with van der Waals surface area (Å²) in [5, 5.41) is 7.60. The maximum atomic E-state index is 14.2. The molecule has 3 heterocycles. The van der Waals surface area contributed by atoms with Gasteiger partial charge in [-0.25, -0.2) is 24.3 Å². The summed E-state index contributed by atoms with van der Waals surface area (Å²) >= 11 is 0. The molecule has 0 radical (unpaired) electrons. The van der Waals surface area contributed by atoms with Crippen LogP contribution in [0.5, 0.6) is 0 Å². The van der Waals surface area contributed by atoms with Gasteiger partial charge >= 0.3 is 0 Å². The van der Waals surface area contributed by atoms with Crippen LogP contribution in [0.2, 0.25) is 0 Å². The lowest BCUT2D eigenvalue weighted by Crippen LogP contribution is -2.08. The Kier molecular flexibility index (Phi) is 6.63. The molecule has 3 N–H and O–H groups in total. The zero-order chi connectivity index (χ0) is 23.4. The quantitative estimate of drug-likeness (QED) is 0.332. The lowest BCUT2D eigenvalue weighted by atomic mass is 10.0. The first-order chi connectivity index (χ1) is 16.0. The van der Waals surface area contributed by atoms with Crippen molar-refractivity contribution >= 4 is 34.4 Å². The fraction of sp³-hybridized carbons (Fsp3) is 0.280. The van der Waals surface area contributed by atoms with Crippen molar-refractivity contribution in [3.05, 3.63) is 70.8 Å². The number of halogens is 1. The van der Waals surface area contributed by atoms with E-state index in [9.17, 15) is 4.39 Å². The summed E-state index contributed by atoms with van der Waals surface area (Å²) < 4.78 is 14.2. The number of rotatable bonds is 8. The summed E-state index contributed by atoms with van der Waals surface area (Å²) in [7, 11) is 0. The third-order valence-electron chi connectivity index (χ3n) is 5.66. The van der Waals surface area contributed by atoms with Gasteiger partial charge in [-0.1, -0.05) is 25.1 Å². The third-order valence-corrected chi connectivity index (χ3v) is 5.66. The Morgan fingerprint density at radius 2 is 1.85 bits per heavy atom. The normalized spacial score (nSPS) is 11.4. The molecular formula is C25H28FN7. The predicted molar refractivity (Wildman–Crippen MR) is 131 cm³/mol. The van der Waals surface area contributed by atoms with Crippen LogP contribution in [0.25, 0.3) is 17.0 Å². The monoisotopic (exact) mass is 445 g/mol. The molecule has 0 bridgehead atoms. The number of aryl methyl sites for hydroxylation is 3. The molecular weight excluding hydrogens is 417 g/mol. The highest BCUT2D eigenvalue weighted by atomic mass is 19.1. The second-order valence-corrected chi connectivity index (χ2v) is 7.87. The Morgan fingerprint density at radius 1 is 1.06 bits per heavy atom. The zero-order valence-electron chi connectivity index (χ0n) is 19.3. The van der Waals surface area contributed by atoms with Crippen molar-refractivity contribution < 1.29 is 4.39 Å². The number of aromatic nitrogens is 5. The van der Waals surface area contributed by atoms with Gasteiger partial charge in [-0.2, -0.15) is 0 Å². The van der Waals surface area contributed by atoms with Gasteiger partial charge in [0, 0.05) is 29.3 Å². The van der Waals surface area contributed by atoms with Crippen LogP contribution < -0.4 is 10.6 Å². The molecule has 0 aliphatic carbocycles. The fourth-order valence-electron chi connectivity index (χ4n) is 4.07. The number of nitrogens with zero attached hydrogens (tertiary/aromatic N) is 4. The lowest BCUT2D eigenvalue weighted by Gasteiger charge is -2.12. The topological polar surface area (TPSA) is 91.4 Å². The van der Waals surface area contributed by atoms with E-state index in [1.165, 1.54) is 12.4 Å². The first-order valence-electron chi connectivity index (χ1n) is 11.1. The molecule has 0 aliphatic rings. The highest BCUT2D eigenvalue weighted by molar-refractivity contribution is 5.88. The Morgan fingerprint density at radius 3 is 2.64 bits per heavy atom. The minimum Gasteiger partial charge on any atom is -0.370 e. The number of anilines is 3. The van der Waals surface area contributed by atoms with Crippen molar-refractivity contribution in [1.29, 1.82) is 0 Å². The number of hydrogen-bond acceptors (Lipinski definition) is 6. The maximum Gasteiger partial charge on any atom is 0.147 e. The summed E-state index contributed by atoms with van der Waals surface area (Å²) in [4.78, 5) is 20.6. The van der Waals surface area contributed by atoms with Crippen molar-refractivity contribution in [2.45, 2.75) is 40.5 Å². The molecule has 4 aromatic rings. The number of aromatic amines is 1. The first kappa shape index (κ1) is 22.4. The van der Waals surface area contributed by atoms with Crippen molar-refractivity contribution in [2.75, 3.05) is 17.2 Å². The van der Waals surface area contributed by atoms with E-state index in [0.717, 1.165) is 46.3 Å². The second kappa shape index (κ2) is 9.77. The van der Waals surface area contributed by atoms with E-state index in [2.05, 4.69) is 42.5 Å². The van der Waals surface area contributed by atoms with Crippen LogP contribution in [0.3, 0.4) is 0 Å². The fourth-order valence-corrected chi connectivity index (χ4v) is 4.07. The van der Waals surface area contributed by atoms with Gasteiger partial charge in [0.1, 0.15) is 35.9 Å². The molecule has 170 valence electrons. The minimum atomic E-state index is -0.224. The van der Waals surface area contributed by atoms with Crippen LogP contribution in [0.4, 0.5) is 21.8 Å². The highest BCUT2D eigenvalue weighted by Crippen LogP contribution is 2.28. The molecule has 0 amide bonds. The number of nitrogens with one attached hydrogen (secondary N) is 3. The highest BCUT2D eigenvalue weighted by Gasteiger charge is 2.14. The Bertz CT molecular complexity index is 1310. The van der Waals surface area contributed by atoms with Crippen molar-refractivity contribution in [2.24, 2.45) is 0 Å². The van der Waals surface area contributed by atoms with E-state index < -0.39 is 0 Å². The van der Waals surface area contributed by atoms with Gasteiger partial charge in [-0.05, 0) is 50.8 Å². The van der Waals surface area contributed by atoms with Crippen LogP contribution in [-0.2, 0) is 12.8 Å². The van der Waals surface area contributed by atoms with Crippen LogP contribution in [0.15, 0.2) is 36.9 Å². The second-order valence-electron chi connectivity index (χ2n) is 7.87. The molecule has 7 nitrogen and oxygen atoms in total. The zero-order valence-corrected chi connectivity index (χ0v) is 19.3. The predicted octanol–water partition coefficient (Wildman–Crippen LogP) is 5.50. The largest absolute Gasteiger partial charge is 0.370 e. The molecule has 1 aromatic carbocycles. The van der Waals surface area contributed by atoms with Gasteiger partial charge in [0.15, 0.2) is 0 Å². The average Bonchev–Trinajstić information content (AvgIpc) is 3.15. The Labute approximate surface area is 192 Å². The minimum absolute atomic E-state index is 0.224. The van der Waals surface area contributed by atoms with Crippen LogP contribution in [-0.4, -0.2) is 31.5 Å². The molecule has 0 atom stereocenters. The SMILES string of the molecule is C/C=C\c1c(CC)ncnc1Nc1cc(NCCc2c(C)[nH]c3c(F)ccc(C)c23)ncn1. The van der Waals surface area contributed by atoms with Gasteiger partial charge < -0.3 is 15.6 Å². The van der Waals surface area contributed by atoms with E-state index in [-0.39, 0.29) is 5.82 Å². The molecule has 0 fully saturated rings. The lowest BCUT2D eigenvalue weighted by molar-refractivity contribution is 0.637. The van der Waals surface area contributed by atoms with E-state index >= 15 is 0 Å². The standard InChI is InChI=1S/C25H28FN7/c1-5-7-18-20(6-2)28-13-31-25(18)33-22-12-21(29-14-30-22)27-11-10-17-16(4)32-24-19(26)9-8-15(3)23(17)24/h5,7-9,12-14,32H,6,10-11H2,1-4H3,(H2,27,28,29,30,31,33)/b7-5-. The number of H-pyrrole nitrogens is 1. The maximum absolute atomic E-state index is 14.2. The third kappa shape index (κ3) is 4.69. The van der Waals surface area contributed by atoms with Crippen LogP contribution in [0, 0.1) is 19.7 Å². The van der Waals surface area contributed by atoms with E-state index in [1.807, 2.05) is 45.1 Å². The molecule has 4 rings (SSSR count). The molecule has 3 aromatic heterocycles. The van der Waals surface area contributed by atoms with Gasteiger partial charge in [-0.3, -0.25) is 0 Å². The first-order valence-corrected chi connectivity index (χ1v) is 11.1. The average molecular weight is 446 g/mol. The molecule has 0 saturated carbocycles. The summed E-state index contributed by atoms with van der Waals surface area (Å²) in [6.07, 6.45) is 8.58. The van der Waals surface area contributed by atoms with Gasteiger partial charge in [0.05, 0.1) is 11.2 Å². The molecule has 0 aliphatic heterocycles. The molecule has 8 heteroatoms. The van der Waals surface area contributed by atoms with Gasteiger partial charge in [0.25, 0.3) is 0 Å². The van der Waals surface area contributed by atoms with Crippen LogP contribution in [0.1, 0.15) is 41.9 Å². The smallest absolute Gasteiger partial charge is 0.147 e. The van der Waals surface area contributed by atoms with E-state index in [4.69, 9.17) is 0 Å². The van der Waals surface area contributed by atoms with Crippen molar-refractivity contribution in [1.82, 2.24) is 24.9 Å². The molecule has 0 unspecified atom stereocenters. The number of benzene rings is 1. The van der Waals surface area contributed by atoms with Crippen LogP contribution >= 0.6 is 0 Å². The molecule has 0 saturated heterocycles.